The molecule has 0 heterocycles. The quantitative estimate of drug-likeness (QED) is 0.296. The van der Waals surface area contributed by atoms with E-state index >= 15 is 0 Å². The lowest BCUT2D eigenvalue weighted by Gasteiger charge is -2.07. The number of nitrogens with two attached hydrogens (primary N) is 1. The molecule has 6 heteroatoms. The SMILES string of the molecule is CC(C)CN=C(N)NCCCc1ccc(Br)cc1F.I. The Labute approximate surface area is 145 Å². The van der Waals surface area contributed by atoms with Gasteiger partial charge in [-0.2, -0.15) is 0 Å². The molecule has 0 aliphatic rings. The first-order chi connectivity index (χ1) is 8.99. The normalized spacial score (nSPS) is 11.3. The van der Waals surface area contributed by atoms with Crippen LogP contribution in [0.2, 0.25) is 0 Å². The van der Waals surface area contributed by atoms with E-state index in [4.69, 9.17) is 5.73 Å². The summed E-state index contributed by atoms with van der Waals surface area (Å²) in [7, 11) is 0. The molecule has 114 valence electrons. The summed E-state index contributed by atoms with van der Waals surface area (Å²) in [6.45, 7) is 5.60. The van der Waals surface area contributed by atoms with E-state index < -0.39 is 0 Å². The van der Waals surface area contributed by atoms with E-state index in [0.717, 1.165) is 23.0 Å². The molecule has 20 heavy (non-hydrogen) atoms. The van der Waals surface area contributed by atoms with Crippen molar-refractivity contribution in [3.63, 3.8) is 0 Å². The Morgan fingerprint density at radius 1 is 1.45 bits per heavy atom. The van der Waals surface area contributed by atoms with Crippen LogP contribution in [0, 0.1) is 11.7 Å². The lowest BCUT2D eigenvalue weighted by molar-refractivity contribution is 0.602. The average Bonchev–Trinajstić information content (AvgIpc) is 2.34. The highest BCUT2D eigenvalue weighted by molar-refractivity contribution is 14.0. The van der Waals surface area contributed by atoms with Gasteiger partial charge in [-0.15, -0.1) is 24.0 Å². The zero-order valence-electron chi connectivity index (χ0n) is 11.8. The fraction of sp³-hybridized carbons (Fsp3) is 0.500. The van der Waals surface area contributed by atoms with Crippen LogP contribution in [-0.4, -0.2) is 19.0 Å². The van der Waals surface area contributed by atoms with Gasteiger partial charge in [0.05, 0.1) is 0 Å². The topological polar surface area (TPSA) is 50.4 Å². The molecule has 0 spiro atoms. The van der Waals surface area contributed by atoms with Crippen LogP contribution in [0.1, 0.15) is 25.8 Å². The average molecular weight is 458 g/mol. The molecule has 1 aromatic carbocycles. The Morgan fingerprint density at radius 3 is 2.75 bits per heavy atom. The van der Waals surface area contributed by atoms with Crippen molar-refractivity contribution in [3.8, 4) is 0 Å². The second kappa shape index (κ2) is 10.4. The fourth-order valence-electron chi connectivity index (χ4n) is 1.56. The van der Waals surface area contributed by atoms with E-state index in [1.54, 1.807) is 6.07 Å². The zero-order chi connectivity index (χ0) is 14.3. The van der Waals surface area contributed by atoms with Gasteiger partial charge in [0.25, 0.3) is 0 Å². The largest absolute Gasteiger partial charge is 0.370 e. The molecule has 1 rings (SSSR count). The van der Waals surface area contributed by atoms with Gasteiger partial charge in [-0.1, -0.05) is 35.8 Å². The Kier molecular flexibility index (Phi) is 10.2. The standard InChI is InChI=1S/C14H21BrFN3.HI/c1-10(2)9-19-14(17)18-7-3-4-11-5-6-12(15)8-13(11)16;/h5-6,8,10H,3-4,7,9H2,1-2H3,(H3,17,18,19);1H. The van der Waals surface area contributed by atoms with Gasteiger partial charge in [0.1, 0.15) is 5.82 Å². The Hall–Kier alpha value is -0.370. The minimum atomic E-state index is -0.171. The number of benzene rings is 1. The summed E-state index contributed by atoms with van der Waals surface area (Å²) in [5.74, 6) is 0.790. The smallest absolute Gasteiger partial charge is 0.188 e. The van der Waals surface area contributed by atoms with Crippen molar-refractivity contribution >= 4 is 45.9 Å². The van der Waals surface area contributed by atoms with Crippen molar-refractivity contribution in [3.05, 3.63) is 34.1 Å². The van der Waals surface area contributed by atoms with Crippen molar-refractivity contribution in [2.45, 2.75) is 26.7 Å². The summed E-state index contributed by atoms with van der Waals surface area (Å²) >= 11 is 3.24. The van der Waals surface area contributed by atoms with Crippen molar-refractivity contribution in [2.75, 3.05) is 13.1 Å². The molecule has 0 aliphatic heterocycles. The second-order valence-electron chi connectivity index (χ2n) is 4.89. The first-order valence-corrected chi connectivity index (χ1v) is 7.26. The van der Waals surface area contributed by atoms with E-state index in [2.05, 4.69) is 40.1 Å². The van der Waals surface area contributed by atoms with Gasteiger partial charge < -0.3 is 11.1 Å². The van der Waals surface area contributed by atoms with Crippen molar-refractivity contribution in [1.82, 2.24) is 5.32 Å². The summed E-state index contributed by atoms with van der Waals surface area (Å²) in [5.41, 5.74) is 6.43. The number of aryl methyl sites for hydroxylation is 1. The molecular formula is C14H22BrFIN3. The number of nitrogens with zero attached hydrogens (tertiary/aromatic N) is 1. The number of rotatable bonds is 6. The van der Waals surface area contributed by atoms with Gasteiger partial charge in [0.15, 0.2) is 5.96 Å². The summed E-state index contributed by atoms with van der Waals surface area (Å²) in [6.07, 6.45) is 1.50. The van der Waals surface area contributed by atoms with Crippen molar-refractivity contribution in [2.24, 2.45) is 16.6 Å². The van der Waals surface area contributed by atoms with Crippen LogP contribution in [0.15, 0.2) is 27.7 Å². The van der Waals surface area contributed by atoms with Crippen LogP contribution in [0.25, 0.3) is 0 Å². The zero-order valence-corrected chi connectivity index (χ0v) is 15.7. The van der Waals surface area contributed by atoms with Crippen molar-refractivity contribution < 1.29 is 4.39 Å². The van der Waals surface area contributed by atoms with E-state index in [1.165, 1.54) is 6.07 Å². The maximum atomic E-state index is 13.5. The first kappa shape index (κ1) is 19.6. The minimum absolute atomic E-state index is 0. The number of nitrogens with one attached hydrogen (secondary N) is 1. The van der Waals surface area contributed by atoms with Gasteiger partial charge in [-0.05, 0) is 36.5 Å². The molecule has 0 aromatic heterocycles. The monoisotopic (exact) mass is 457 g/mol. The van der Waals surface area contributed by atoms with Gasteiger partial charge in [0.2, 0.25) is 0 Å². The molecule has 3 N–H and O–H groups in total. The molecule has 0 amide bonds. The highest BCUT2D eigenvalue weighted by Crippen LogP contribution is 2.16. The van der Waals surface area contributed by atoms with E-state index in [1.807, 2.05) is 6.07 Å². The molecule has 0 bridgehead atoms. The third-order valence-electron chi connectivity index (χ3n) is 2.57. The summed E-state index contributed by atoms with van der Waals surface area (Å²) in [5, 5.41) is 3.04. The number of aliphatic imine (C=N–C) groups is 1. The number of hydrogen-bond donors (Lipinski definition) is 2. The highest BCUT2D eigenvalue weighted by Gasteiger charge is 2.02. The lowest BCUT2D eigenvalue weighted by Crippen LogP contribution is -2.33. The summed E-state index contributed by atoms with van der Waals surface area (Å²) in [6, 6.07) is 5.14. The number of guanidine groups is 1. The highest BCUT2D eigenvalue weighted by atomic mass is 127. The molecule has 0 atom stereocenters. The molecule has 3 nitrogen and oxygen atoms in total. The molecule has 0 fully saturated rings. The van der Waals surface area contributed by atoms with E-state index in [0.29, 0.717) is 24.8 Å². The molecule has 0 aliphatic carbocycles. The number of hydrogen-bond acceptors (Lipinski definition) is 1. The summed E-state index contributed by atoms with van der Waals surface area (Å²) < 4.78 is 14.3. The van der Waals surface area contributed by atoms with Gasteiger partial charge in [-0.3, -0.25) is 4.99 Å². The summed E-state index contributed by atoms with van der Waals surface area (Å²) in [4.78, 5) is 4.20. The van der Waals surface area contributed by atoms with Crippen molar-refractivity contribution in [1.29, 1.82) is 0 Å². The molecule has 1 aromatic rings. The molecule has 0 saturated carbocycles. The van der Waals surface area contributed by atoms with Gasteiger partial charge in [0, 0.05) is 17.6 Å². The molecule has 0 radical (unpaired) electrons. The molecule has 0 unspecified atom stereocenters. The molecule has 0 saturated heterocycles. The van der Waals surface area contributed by atoms with Crippen LogP contribution >= 0.6 is 39.9 Å². The van der Waals surface area contributed by atoms with Crippen LogP contribution in [0.5, 0.6) is 0 Å². The van der Waals surface area contributed by atoms with Crippen LogP contribution in [0.3, 0.4) is 0 Å². The van der Waals surface area contributed by atoms with E-state index in [9.17, 15) is 4.39 Å². The second-order valence-corrected chi connectivity index (χ2v) is 5.80. The number of halogens is 3. The Bertz CT molecular complexity index is 438. The lowest BCUT2D eigenvalue weighted by atomic mass is 10.1. The maximum Gasteiger partial charge on any atom is 0.188 e. The predicted molar refractivity (Wildman–Crippen MR) is 97.2 cm³/mol. The third-order valence-corrected chi connectivity index (χ3v) is 3.06. The maximum absolute atomic E-state index is 13.5. The van der Waals surface area contributed by atoms with Crippen LogP contribution in [0.4, 0.5) is 4.39 Å². The van der Waals surface area contributed by atoms with Gasteiger partial charge >= 0.3 is 0 Å². The Balaban J connectivity index is 0.00000361. The first-order valence-electron chi connectivity index (χ1n) is 6.46. The fourth-order valence-corrected chi connectivity index (χ4v) is 1.89. The van der Waals surface area contributed by atoms with Gasteiger partial charge in [-0.25, -0.2) is 4.39 Å². The van der Waals surface area contributed by atoms with Crippen LogP contribution < -0.4 is 11.1 Å². The Morgan fingerprint density at radius 2 is 2.15 bits per heavy atom. The van der Waals surface area contributed by atoms with Crippen LogP contribution in [-0.2, 0) is 6.42 Å². The van der Waals surface area contributed by atoms with E-state index in [-0.39, 0.29) is 29.8 Å². The third kappa shape index (κ3) is 8.04. The minimum Gasteiger partial charge on any atom is -0.370 e. The predicted octanol–water partition coefficient (Wildman–Crippen LogP) is 3.70. The molecular weight excluding hydrogens is 436 g/mol.